The molecule has 2 fully saturated rings. The van der Waals surface area contributed by atoms with E-state index in [4.69, 9.17) is 11.6 Å². The number of carboxylic acids is 1. The zero-order valence-electron chi connectivity index (χ0n) is 23.0. The number of aromatic carboxylic acids is 1. The first-order valence-corrected chi connectivity index (χ1v) is 15.1. The van der Waals surface area contributed by atoms with E-state index in [1.807, 2.05) is 6.07 Å². The summed E-state index contributed by atoms with van der Waals surface area (Å²) in [5.41, 5.74) is 4.04. The van der Waals surface area contributed by atoms with Gasteiger partial charge >= 0.3 is 5.97 Å². The summed E-state index contributed by atoms with van der Waals surface area (Å²) in [6.07, 6.45) is 6.18. The molecular weight excluding hydrogens is 528 g/mol. The lowest BCUT2D eigenvalue weighted by atomic mass is 9.47. The van der Waals surface area contributed by atoms with Crippen LogP contribution in [0.4, 0.5) is 17.1 Å². The number of nitrogens with one attached hydrogen (secondary N) is 2. The van der Waals surface area contributed by atoms with Crippen molar-refractivity contribution in [2.45, 2.75) is 70.1 Å². The van der Waals surface area contributed by atoms with Crippen LogP contribution >= 0.6 is 11.6 Å². The highest BCUT2D eigenvalue weighted by atomic mass is 35.5. The number of anilines is 3. The van der Waals surface area contributed by atoms with Crippen LogP contribution in [0.25, 0.3) is 0 Å². The van der Waals surface area contributed by atoms with E-state index in [1.54, 1.807) is 48.5 Å². The third-order valence-electron chi connectivity index (χ3n) is 8.54. The van der Waals surface area contributed by atoms with Crippen LogP contribution in [-0.2, 0) is 16.4 Å². The fraction of sp³-hybridized carbons (Fsp3) is 0.406. The normalized spacial score (nSPS) is 28.9. The molecule has 2 aliphatic rings. The first kappa shape index (κ1) is 27.7. The molecule has 206 valence electrons. The average molecular weight is 565 g/mol. The molecule has 0 heterocycles. The van der Waals surface area contributed by atoms with Gasteiger partial charge in [0.2, 0.25) is 0 Å². The number of rotatable bonds is 7. The van der Waals surface area contributed by atoms with Gasteiger partial charge in [0, 0.05) is 5.69 Å². The van der Waals surface area contributed by atoms with Crippen molar-refractivity contribution in [1.29, 1.82) is 0 Å². The molecule has 0 aromatic heterocycles. The highest BCUT2D eigenvalue weighted by Gasteiger charge is 2.52. The SMILES string of the molecule is CC1CC2(C)CC(C)(C1)CC(C)(c1ccc(NS(=O)c3ccc(Nc4ccccc4C(=O)O)cc3)c(Cl)c1)C2. The predicted molar refractivity (Wildman–Crippen MR) is 160 cm³/mol. The molecular formula is C32H37ClN2O3S. The first-order chi connectivity index (χ1) is 18.4. The first-order valence-electron chi connectivity index (χ1n) is 13.6. The van der Waals surface area contributed by atoms with Crippen molar-refractivity contribution < 1.29 is 14.1 Å². The molecule has 0 spiro atoms. The van der Waals surface area contributed by atoms with Crippen LogP contribution in [-0.4, -0.2) is 15.3 Å². The Kier molecular flexibility index (Phi) is 7.32. The summed E-state index contributed by atoms with van der Waals surface area (Å²) in [4.78, 5) is 12.1. The standard InChI is InChI=1S/C32H37ClN2O3S/c1-21-16-30(2)18-31(3,17-21)20-32(4,19-30)22-9-14-28(26(33)15-22)35-39(38)24-12-10-23(11-13-24)34-27-8-6-5-7-25(27)29(36)37/h5-15,21,34-35H,16-20H2,1-4H3,(H,36,37). The molecule has 0 aliphatic heterocycles. The van der Waals surface area contributed by atoms with Gasteiger partial charge in [-0.25, -0.2) is 9.00 Å². The Hall–Kier alpha value is -2.83. The zero-order chi connectivity index (χ0) is 28.0. The quantitative estimate of drug-likeness (QED) is 0.268. The van der Waals surface area contributed by atoms with E-state index < -0.39 is 17.0 Å². The number of halogens is 1. The monoisotopic (exact) mass is 564 g/mol. The van der Waals surface area contributed by atoms with Gasteiger partial charge < -0.3 is 10.4 Å². The van der Waals surface area contributed by atoms with Crippen molar-refractivity contribution in [3.8, 4) is 0 Å². The van der Waals surface area contributed by atoms with Crippen LogP contribution in [0.2, 0.25) is 5.02 Å². The fourth-order valence-corrected chi connectivity index (χ4v) is 9.24. The molecule has 0 amide bonds. The van der Waals surface area contributed by atoms with Crippen LogP contribution in [0.15, 0.2) is 71.6 Å². The molecule has 3 atom stereocenters. The minimum atomic E-state index is -1.51. The van der Waals surface area contributed by atoms with Crippen molar-refractivity contribution in [1.82, 2.24) is 0 Å². The van der Waals surface area contributed by atoms with Crippen LogP contribution < -0.4 is 10.0 Å². The molecule has 2 aliphatic carbocycles. The molecule has 3 N–H and O–H groups in total. The Morgan fingerprint density at radius 1 is 0.923 bits per heavy atom. The summed E-state index contributed by atoms with van der Waals surface area (Å²) < 4.78 is 16.2. The number of carboxylic acid groups (broad SMARTS) is 1. The molecule has 2 saturated carbocycles. The largest absolute Gasteiger partial charge is 0.478 e. The van der Waals surface area contributed by atoms with E-state index in [9.17, 15) is 14.1 Å². The van der Waals surface area contributed by atoms with E-state index in [2.05, 4.69) is 49.9 Å². The summed E-state index contributed by atoms with van der Waals surface area (Å²) in [7, 11) is -1.51. The van der Waals surface area contributed by atoms with Gasteiger partial charge in [0.1, 0.15) is 11.0 Å². The minimum absolute atomic E-state index is 0.0608. The van der Waals surface area contributed by atoms with E-state index >= 15 is 0 Å². The number of hydrogen-bond donors (Lipinski definition) is 3. The summed E-state index contributed by atoms with van der Waals surface area (Å²) in [6, 6.07) is 19.9. The highest BCUT2D eigenvalue weighted by Crippen LogP contribution is 2.62. The minimum Gasteiger partial charge on any atom is -0.478 e. The van der Waals surface area contributed by atoms with Crippen LogP contribution in [0, 0.1) is 16.7 Å². The maximum Gasteiger partial charge on any atom is 0.337 e. The van der Waals surface area contributed by atoms with E-state index in [0.29, 0.717) is 37.8 Å². The van der Waals surface area contributed by atoms with Gasteiger partial charge in [0.15, 0.2) is 0 Å². The number of benzene rings is 3. The smallest absolute Gasteiger partial charge is 0.337 e. The fourth-order valence-electron chi connectivity index (χ4n) is 8.08. The topological polar surface area (TPSA) is 78.4 Å². The Morgan fingerprint density at radius 2 is 1.56 bits per heavy atom. The Labute approximate surface area is 239 Å². The van der Waals surface area contributed by atoms with Crippen molar-refractivity contribution >= 4 is 45.6 Å². The van der Waals surface area contributed by atoms with Gasteiger partial charge in [-0.05, 0) is 108 Å². The van der Waals surface area contributed by atoms with Gasteiger partial charge in [-0.15, -0.1) is 0 Å². The molecule has 0 radical (unpaired) electrons. The summed E-state index contributed by atoms with van der Waals surface area (Å²) in [5, 5.41) is 13.1. The molecule has 5 rings (SSSR count). The average Bonchev–Trinajstić information content (AvgIpc) is 2.83. The lowest BCUT2D eigenvalue weighted by molar-refractivity contribution is -0.0413. The Balaban J connectivity index is 1.29. The van der Waals surface area contributed by atoms with Crippen LogP contribution in [0.5, 0.6) is 0 Å². The molecule has 0 saturated heterocycles. The zero-order valence-corrected chi connectivity index (χ0v) is 24.6. The van der Waals surface area contributed by atoms with Crippen molar-refractivity contribution in [2.24, 2.45) is 16.7 Å². The third-order valence-corrected chi connectivity index (χ3v) is 9.96. The molecule has 7 heteroatoms. The van der Waals surface area contributed by atoms with E-state index in [1.165, 1.54) is 24.8 Å². The van der Waals surface area contributed by atoms with Crippen LogP contribution in [0.1, 0.15) is 75.7 Å². The van der Waals surface area contributed by atoms with Gasteiger partial charge in [-0.1, -0.05) is 57.5 Å². The summed E-state index contributed by atoms with van der Waals surface area (Å²) in [5.74, 6) is -0.227. The number of fused-ring (bicyclic) bond motifs is 2. The lowest BCUT2D eigenvalue weighted by Gasteiger charge is -2.58. The lowest BCUT2D eigenvalue weighted by Crippen LogP contribution is -2.49. The highest BCUT2D eigenvalue weighted by molar-refractivity contribution is 7.86. The maximum atomic E-state index is 13.1. The maximum absolute atomic E-state index is 13.1. The van der Waals surface area contributed by atoms with Crippen LogP contribution in [0.3, 0.4) is 0 Å². The third kappa shape index (κ3) is 5.87. The predicted octanol–water partition coefficient (Wildman–Crippen LogP) is 8.80. The number of hydrogen-bond acceptors (Lipinski definition) is 3. The molecule has 39 heavy (non-hydrogen) atoms. The Morgan fingerprint density at radius 3 is 2.18 bits per heavy atom. The molecule has 3 aromatic carbocycles. The van der Waals surface area contributed by atoms with Crippen molar-refractivity contribution in [3.63, 3.8) is 0 Å². The second-order valence-corrected chi connectivity index (χ2v) is 14.4. The Bertz CT molecular complexity index is 1410. The summed E-state index contributed by atoms with van der Waals surface area (Å²) >= 11 is 6.76. The van der Waals surface area contributed by atoms with Gasteiger partial charge in [-0.3, -0.25) is 4.72 Å². The second kappa shape index (κ2) is 10.3. The molecule has 3 aromatic rings. The second-order valence-electron chi connectivity index (χ2n) is 12.8. The molecule has 2 bridgehead atoms. The number of para-hydroxylation sites is 1. The van der Waals surface area contributed by atoms with E-state index in [-0.39, 0.29) is 11.0 Å². The van der Waals surface area contributed by atoms with E-state index in [0.717, 1.165) is 18.8 Å². The number of carbonyl (C=O) groups is 1. The molecule has 3 unspecified atom stereocenters. The van der Waals surface area contributed by atoms with Gasteiger partial charge in [0.05, 0.1) is 26.9 Å². The summed E-state index contributed by atoms with van der Waals surface area (Å²) in [6.45, 7) is 9.72. The van der Waals surface area contributed by atoms with Gasteiger partial charge in [-0.2, -0.15) is 0 Å². The van der Waals surface area contributed by atoms with Crippen molar-refractivity contribution in [2.75, 3.05) is 10.0 Å². The van der Waals surface area contributed by atoms with Crippen molar-refractivity contribution in [3.05, 3.63) is 82.9 Å². The van der Waals surface area contributed by atoms with Gasteiger partial charge in [0.25, 0.3) is 0 Å². The molecule has 5 nitrogen and oxygen atoms in total.